The van der Waals surface area contributed by atoms with E-state index in [0.29, 0.717) is 0 Å². The van der Waals surface area contributed by atoms with Crippen molar-refractivity contribution >= 4 is 0 Å². The number of imidazole rings is 1. The minimum atomic E-state index is 0.750. The van der Waals surface area contributed by atoms with Crippen molar-refractivity contribution in [3.05, 3.63) is 17.7 Å². The number of fused-ring (bicyclic) bond motifs is 1. The van der Waals surface area contributed by atoms with Crippen LogP contribution >= 0.6 is 0 Å². The predicted octanol–water partition coefficient (Wildman–Crippen LogP) is -0.165. The molecule has 0 aromatic carbocycles. The van der Waals surface area contributed by atoms with Crippen LogP contribution in [0.15, 0.2) is 6.33 Å². The highest BCUT2D eigenvalue weighted by Crippen LogP contribution is 2.13. The molecular weight excluding hydrogens is 152 g/mol. The first-order chi connectivity index (χ1) is 5.92. The van der Waals surface area contributed by atoms with Gasteiger partial charge in [-0.25, -0.2) is 4.98 Å². The summed E-state index contributed by atoms with van der Waals surface area (Å²) in [6.45, 7) is 3.63. The number of hydrogen-bond acceptors (Lipinski definition) is 3. The standard InChI is InChI=1S/C8H14N4/c9-2-1-3-12-6-11-7-4-10-5-8(7)12/h6,10H,1-5,9H2. The molecule has 12 heavy (non-hydrogen) atoms. The molecule has 0 atom stereocenters. The van der Waals surface area contributed by atoms with Crippen LogP contribution in [0.3, 0.4) is 0 Å². The van der Waals surface area contributed by atoms with Crippen molar-refractivity contribution in [1.82, 2.24) is 14.9 Å². The first-order valence-corrected chi connectivity index (χ1v) is 4.35. The summed E-state index contributed by atoms with van der Waals surface area (Å²) in [5.41, 5.74) is 7.98. The van der Waals surface area contributed by atoms with E-state index < -0.39 is 0 Å². The summed E-state index contributed by atoms with van der Waals surface area (Å²) >= 11 is 0. The highest BCUT2D eigenvalue weighted by Gasteiger charge is 2.15. The number of hydrogen-bond donors (Lipinski definition) is 2. The van der Waals surface area contributed by atoms with Crippen LogP contribution in [0.4, 0.5) is 0 Å². The van der Waals surface area contributed by atoms with E-state index in [1.165, 1.54) is 11.4 Å². The molecule has 0 saturated carbocycles. The lowest BCUT2D eigenvalue weighted by Crippen LogP contribution is -2.09. The molecular formula is C8H14N4. The van der Waals surface area contributed by atoms with Crippen molar-refractivity contribution in [3.63, 3.8) is 0 Å². The number of aromatic nitrogens is 2. The van der Waals surface area contributed by atoms with Gasteiger partial charge in [-0.05, 0) is 13.0 Å². The van der Waals surface area contributed by atoms with Gasteiger partial charge in [-0.15, -0.1) is 0 Å². The average Bonchev–Trinajstić information content (AvgIpc) is 2.62. The molecule has 0 radical (unpaired) electrons. The van der Waals surface area contributed by atoms with Gasteiger partial charge in [-0.2, -0.15) is 0 Å². The molecule has 66 valence electrons. The second-order valence-electron chi connectivity index (χ2n) is 3.08. The highest BCUT2D eigenvalue weighted by atomic mass is 15.1. The Morgan fingerprint density at radius 1 is 1.58 bits per heavy atom. The Balaban J connectivity index is 2.11. The van der Waals surface area contributed by atoms with Crippen molar-refractivity contribution in [2.45, 2.75) is 26.1 Å². The predicted molar refractivity (Wildman–Crippen MR) is 46.4 cm³/mol. The van der Waals surface area contributed by atoms with Crippen molar-refractivity contribution in [2.75, 3.05) is 6.54 Å². The van der Waals surface area contributed by atoms with Crippen LogP contribution in [0.5, 0.6) is 0 Å². The van der Waals surface area contributed by atoms with Crippen molar-refractivity contribution in [1.29, 1.82) is 0 Å². The van der Waals surface area contributed by atoms with E-state index in [2.05, 4.69) is 14.9 Å². The van der Waals surface area contributed by atoms with E-state index in [-0.39, 0.29) is 0 Å². The van der Waals surface area contributed by atoms with Gasteiger partial charge in [-0.1, -0.05) is 0 Å². The summed E-state index contributed by atoms with van der Waals surface area (Å²) in [7, 11) is 0. The van der Waals surface area contributed by atoms with Crippen LogP contribution in [-0.2, 0) is 19.6 Å². The minimum Gasteiger partial charge on any atom is -0.333 e. The average molecular weight is 166 g/mol. The largest absolute Gasteiger partial charge is 0.333 e. The number of nitrogens with zero attached hydrogens (tertiary/aromatic N) is 2. The van der Waals surface area contributed by atoms with Gasteiger partial charge >= 0.3 is 0 Å². The monoisotopic (exact) mass is 166 g/mol. The normalized spacial score (nSPS) is 15.1. The summed E-state index contributed by atoms with van der Waals surface area (Å²) in [5, 5.41) is 3.27. The molecule has 0 amide bonds. The van der Waals surface area contributed by atoms with Gasteiger partial charge < -0.3 is 15.6 Å². The SMILES string of the molecule is NCCCn1cnc2c1CNC2. The van der Waals surface area contributed by atoms with Gasteiger partial charge in [0.15, 0.2) is 0 Å². The third-order valence-corrected chi connectivity index (χ3v) is 2.22. The zero-order valence-electron chi connectivity index (χ0n) is 7.08. The zero-order valence-corrected chi connectivity index (χ0v) is 7.08. The molecule has 0 aliphatic carbocycles. The highest BCUT2D eigenvalue weighted by molar-refractivity contribution is 5.17. The molecule has 1 aromatic heterocycles. The van der Waals surface area contributed by atoms with Gasteiger partial charge in [0.1, 0.15) is 0 Å². The van der Waals surface area contributed by atoms with Crippen LogP contribution in [0.1, 0.15) is 17.8 Å². The Kier molecular flexibility index (Phi) is 2.10. The van der Waals surface area contributed by atoms with Crippen LogP contribution < -0.4 is 11.1 Å². The molecule has 2 heterocycles. The number of aryl methyl sites for hydroxylation is 1. The molecule has 0 unspecified atom stereocenters. The number of rotatable bonds is 3. The van der Waals surface area contributed by atoms with E-state index in [0.717, 1.165) is 32.6 Å². The van der Waals surface area contributed by atoms with Crippen molar-refractivity contribution in [2.24, 2.45) is 5.73 Å². The van der Waals surface area contributed by atoms with E-state index in [4.69, 9.17) is 5.73 Å². The zero-order chi connectivity index (χ0) is 8.39. The van der Waals surface area contributed by atoms with Crippen LogP contribution in [0.25, 0.3) is 0 Å². The van der Waals surface area contributed by atoms with E-state index in [9.17, 15) is 0 Å². The van der Waals surface area contributed by atoms with Gasteiger partial charge in [0, 0.05) is 19.6 Å². The fourth-order valence-electron chi connectivity index (χ4n) is 1.55. The molecule has 1 aliphatic heterocycles. The molecule has 0 bridgehead atoms. The molecule has 1 aliphatic rings. The Labute approximate surface area is 71.8 Å². The maximum absolute atomic E-state index is 5.44. The Hall–Kier alpha value is -0.870. The molecule has 2 rings (SSSR count). The van der Waals surface area contributed by atoms with Crippen LogP contribution in [0, 0.1) is 0 Å². The Bertz CT molecular complexity index is 266. The van der Waals surface area contributed by atoms with E-state index in [1.807, 2.05) is 6.33 Å². The molecule has 1 aromatic rings. The lowest BCUT2D eigenvalue weighted by atomic mass is 10.3. The number of nitrogens with one attached hydrogen (secondary N) is 1. The summed E-state index contributed by atoms with van der Waals surface area (Å²) in [6, 6.07) is 0. The smallest absolute Gasteiger partial charge is 0.0952 e. The Morgan fingerprint density at radius 3 is 3.33 bits per heavy atom. The maximum atomic E-state index is 5.44. The topological polar surface area (TPSA) is 55.9 Å². The molecule has 0 saturated heterocycles. The first kappa shape index (κ1) is 7.76. The third kappa shape index (κ3) is 1.23. The molecule has 3 N–H and O–H groups in total. The third-order valence-electron chi connectivity index (χ3n) is 2.22. The van der Waals surface area contributed by atoms with Crippen LogP contribution in [-0.4, -0.2) is 16.1 Å². The Morgan fingerprint density at radius 2 is 2.50 bits per heavy atom. The second-order valence-corrected chi connectivity index (χ2v) is 3.08. The molecule has 0 spiro atoms. The fraction of sp³-hybridized carbons (Fsp3) is 0.625. The lowest BCUT2D eigenvalue weighted by Gasteiger charge is -2.03. The molecule has 4 heteroatoms. The maximum Gasteiger partial charge on any atom is 0.0952 e. The second kappa shape index (κ2) is 3.25. The van der Waals surface area contributed by atoms with E-state index >= 15 is 0 Å². The first-order valence-electron chi connectivity index (χ1n) is 4.35. The summed E-state index contributed by atoms with van der Waals surface area (Å²) < 4.78 is 2.20. The fourth-order valence-corrected chi connectivity index (χ4v) is 1.55. The lowest BCUT2D eigenvalue weighted by molar-refractivity contribution is 0.611. The molecule has 4 nitrogen and oxygen atoms in total. The van der Waals surface area contributed by atoms with E-state index in [1.54, 1.807) is 0 Å². The summed E-state index contributed by atoms with van der Waals surface area (Å²) in [6.07, 6.45) is 2.95. The minimum absolute atomic E-state index is 0.750. The summed E-state index contributed by atoms with van der Waals surface area (Å²) in [5.74, 6) is 0. The van der Waals surface area contributed by atoms with Gasteiger partial charge in [0.05, 0.1) is 17.7 Å². The van der Waals surface area contributed by atoms with Crippen molar-refractivity contribution in [3.8, 4) is 0 Å². The van der Waals surface area contributed by atoms with Crippen LogP contribution in [0.2, 0.25) is 0 Å². The molecule has 0 fully saturated rings. The quantitative estimate of drug-likeness (QED) is 0.655. The van der Waals surface area contributed by atoms with Gasteiger partial charge in [0.25, 0.3) is 0 Å². The summed E-state index contributed by atoms with van der Waals surface area (Å²) in [4.78, 5) is 4.31. The van der Waals surface area contributed by atoms with Gasteiger partial charge in [-0.3, -0.25) is 0 Å². The number of nitrogens with two attached hydrogens (primary N) is 1. The van der Waals surface area contributed by atoms with Gasteiger partial charge in [0.2, 0.25) is 0 Å². The van der Waals surface area contributed by atoms with Crippen molar-refractivity contribution < 1.29 is 0 Å².